The Labute approximate surface area is 156 Å². The molecular formula is C21H20FN3O2. The van der Waals surface area contributed by atoms with Crippen molar-refractivity contribution in [1.29, 1.82) is 0 Å². The van der Waals surface area contributed by atoms with E-state index in [0.717, 1.165) is 18.4 Å². The Morgan fingerprint density at radius 3 is 2.81 bits per heavy atom. The molecule has 6 heteroatoms. The Bertz CT molecular complexity index is 955. The first kappa shape index (κ1) is 17.4. The second-order valence-electron chi connectivity index (χ2n) is 6.87. The SMILES string of the molecule is Cc1cc(F)ccc1C(=O)N1CCC[C@H](c2nc(-c3ccccc3)no2)C1. The summed E-state index contributed by atoms with van der Waals surface area (Å²) in [7, 11) is 0. The van der Waals surface area contributed by atoms with Crippen LogP contribution in [0.5, 0.6) is 0 Å². The predicted molar refractivity (Wildman–Crippen MR) is 98.7 cm³/mol. The molecule has 1 aliphatic rings. The van der Waals surface area contributed by atoms with Crippen molar-refractivity contribution in [3.8, 4) is 11.4 Å². The van der Waals surface area contributed by atoms with Gasteiger partial charge in [-0.25, -0.2) is 4.39 Å². The normalized spacial score (nSPS) is 17.1. The number of piperidine rings is 1. The van der Waals surface area contributed by atoms with Gasteiger partial charge < -0.3 is 9.42 Å². The predicted octanol–water partition coefficient (Wildman–Crippen LogP) is 4.20. The fourth-order valence-corrected chi connectivity index (χ4v) is 3.51. The number of aromatic nitrogens is 2. The van der Waals surface area contributed by atoms with Crippen molar-refractivity contribution >= 4 is 5.91 Å². The highest BCUT2D eigenvalue weighted by Crippen LogP contribution is 2.28. The number of hydrogen-bond donors (Lipinski definition) is 0. The van der Waals surface area contributed by atoms with Crippen LogP contribution in [0.3, 0.4) is 0 Å². The summed E-state index contributed by atoms with van der Waals surface area (Å²) < 4.78 is 18.8. The van der Waals surface area contributed by atoms with Gasteiger partial charge in [0.25, 0.3) is 5.91 Å². The number of aryl methyl sites for hydroxylation is 1. The second kappa shape index (κ2) is 7.31. The average Bonchev–Trinajstić information content (AvgIpc) is 3.19. The highest BCUT2D eigenvalue weighted by atomic mass is 19.1. The number of halogens is 1. The monoisotopic (exact) mass is 365 g/mol. The van der Waals surface area contributed by atoms with Gasteiger partial charge in [0.2, 0.25) is 11.7 Å². The number of amides is 1. The largest absolute Gasteiger partial charge is 0.339 e. The van der Waals surface area contributed by atoms with E-state index in [9.17, 15) is 9.18 Å². The van der Waals surface area contributed by atoms with Gasteiger partial charge in [0.05, 0.1) is 5.92 Å². The Morgan fingerprint density at radius 1 is 1.22 bits per heavy atom. The third kappa shape index (κ3) is 3.60. The summed E-state index contributed by atoms with van der Waals surface area (Å²) in [5.41, 5.74) is 2.08. The molecule has 3 aromatic rings. The van der Waals surface area contributed by atoms with Crippen LogP contribution in [0, 0.1) is 12.7 Å². The van der Waals surface area contributed by atoms with Gasteiger partial charge in [-0.1, -0.05) is 35.5 Å². The van der Waals surface area contributed by atoms with Crippen molar-refractivity contribution < 1.29 is 13.7 Å². The Kier molecular flexibility index (Phi) is 4.71. The molecule has 27 heavy (non-hydrogen) atoms. The number of benzene rings is 2. The molecular weight excluding hydrogens is 345 g/mol. The van der Waals surface area contributed by atoms with Crippen LogP contribution in [-0.2, 0) is 0 Å². The molecule has 0 N–H and O–H groups in total. The van der Waals surface area contributed by atoms with E-state index < -0.39 is 0 Å². The lowest BCUT2D eigenvalue weighted by atomic mass is 9.96. The number of likely N-dealkylation sites (tertiary alicyclic amines) is 1. The number of hydrogen-bond acceptors (Lipinski definition) is 4. The van der Waals surface area contributed by atoms with Gasteiger partial charge in [0, 0.05) is 24.2 Å². The van der Waals surface area contributed by atoms with Crippen LogP contribution >= 0.6 is 0 Å². The van der Waals surface area contributed by atoms with Gasteiger partial charge in [-0.3, -0.25) is 4.79 Å². The highest BCUT2D eigenvalue weighted by molar-refractivity contribution is 5.95. The molecule has 2 heterocycles. The van der Waals surface area contributed by atoms with E-state index in [1.807, 2.05) is 30.3 Å². The molecule has 0 spiro atoms. The summed E-state index contributed by atoms with van der Waals surface area (Å²) >= 11 is 0. The lowest BCUT2D eigenvalue weighted by Gasteiger charge is -2.31. The Balaban J connectivity index is 1.51. The van der Waals surface area contributed by atoms with Gasteiger partial charge in [-0.2, -0.15) is 4.98 Å². The minimum Gasteiger partial charge on any atom is -0.339 e. The van der Waals surface area contributed by atoms with Crippen LogP contribution in [0.2, 0.25) is 0 Å². The Morgan fingerprint density at radius 2 is 2.04 bits per heavy atom. The molecule has 5 nitrogen and oxygen atoms in total. The first-order valence-electron chi connectivity index (χ1n) is 9.06. The molecule has 1 aromatic heterocycles. The summed E-state index contributed by atoms with van der Waals surface area (Å²) in [6.45, 7) is 2.94. The number of nitrogens with zero attached hydrogens (tertiary/aromatic N) is 3. The zero-order valence-electron chi connectivity index (χ0n) is 15.1. The molecule has 4 rings (SSSR count). The maximum absolute atomic E-state index is 13.3. The second-order valence-corrected chi connectivity index (χ2v) is 6.87. The molecule has 0 bridgehead atoms. The van der Waals surface area contributed by atoms with Gasteiger partial charge in [-0.15, -0.1) is 0 Å². The van der Waals surface area contributed by atoms with E-state index in [2.05, 4.69) is 10.1 Å². The highest BCUT2D eigenvalue weighted by Gasteiger charge is 2.29. The minimum absolute atomic E-state index is 0.00779. The van der Waals surface area contributed by atoms with Crippen LogP contribution in [0.1, 0.15) is 40.6 Å². The van der Waals surface area contributed by atoms with Crippen LogP contribution in [-0.4, -0.2) is 34.0 Å². The maximum Gasteiger partial charge on any atom is 0.254 e. The van der Waals surface area contributed by atoms with Gasteiger partial charge >= 0.3 is 0 Å². The molecule has 1 saturated heterocycles. The van der Waals surface area contributed by atoms with Crippen LogP contribution in [0.15, 0.2) is 53.1 Å². The van der Waals surface area contributed by atoms with Crippen molar-refractivity contribution in [2.75, 3.05) is 13.1 Å². The minimum atomic E-state index is -0.333. The summed E-state index contributed by atoms with van der Waals surface area (Å²) in [6, 6.07) is 13.9. The number of carbonyl (C=O) groups excluding carboxylic acids is 1. The van der Waals surface area contributed by atoms with Crippen molar-refractivity contribution in [1.82, 2.24) is 15.0 Å². The summed E-state index contributed by atoms with van der Waals surface area (Å²) in [5.74, 6) is 0.707. The molecule has 1 amide bonds. The quantitative estimate of drug-likeness (QED) is 0.698. The van der Waals surface area contributed by atoms with Crippen LogP contribution < -0.4 is 0 Å². The first-order valence-corrected chi connectivity index (χ1v) is 9.06. The zero-order valence-corrected chi connectivity index (χ0v) is 15.1. The van der Waals surface area contributed by atoms with E-state index in [1.165, 1.54) is 12.1 Å². The zero-order chi connectivity index (χ0) is 18.8. The van der Waals surface area contributed by atoms with E-state index in [4.69, 9.17) is 4.52 Å². The van der Waals surface area contributed by atoms with Crippen LogP contribution in [0.25, 0.3) is 11.4 Å². The first-order chi connectivity index (χ1) is 13.1. The van der Waals surface area contributed by atoms with Gasteiger partial charge in [-0.05, 0) is 43.5 Å². The molecule has 2 aromatic carbocycles. The Hall–Kier alpha value is -3.02. The smallest absolute Gasteiger partial charge is 0.254 e. The molecule has 0 radical (unpaired) electrons. The van der Waals surface area contributed by atoms with Crippen molar-refractivity contribution in [2.45, 2.75) is 25.7 Å². The maximum atomic E-state index is 13.3. The van der Waals surface area contributed by atoms with Crippen molar-refractivity contribution in [2.24, 2.45) is 0 Å². The lowest BCUT2D eigenvalue weighted by Crippen LogP contribution is -2.39. The summed E-state index contributed by atoms with van der Waals surface area (Å²) in [6.07, 6.45) is 1.75. The van der Waals surface area contributed by atoms with Crippen molar-refractivity contribution in [3.63, 3.8) is 0 Å². The molecule has 138 valence electrons. The molecule has 0 saturated carbocycles. The number of carbonyl (C=O) groups is 1. The van der Waals surface area contributed by atoms with Crippen LogP contribution in [0.4, 0.5) is 4.39 Å². The van der Waals surface area contributed by atoms with Gasteiger partial charge in [0.15, 0.2) is 0 Å². The summed E-state index contributed by atoms with van der Waals surface area (Å²) in [4.78, 5) is 19.2. The van der Waals surface area contributed by atoms with E-state index >= 15 is 0 Å². The molecule has 0 aliphatic carbocycles. The van der Waals surface area contributed by atoms with E-state index in [-0.39, 0.29) is 17.6 Å². The van der Waals surface area contributed by atoms with E-state index in [1.54, 1.807) is 17.9 Å². The van der Waals surface area contributed by atoms with Crippen molar-refractivity contribution in [3.05, 3.63) is 71.4 Å². The molecule has 1 aliphatic heterocycles. The fraction of sp³-hybridized carbons (Fsp3) is 0.286. The summed E-state index contributed by atoms with van der Waals surface area (Å²) in [5, 5.41) is 4.08. The van der Waals surface area contributed by atoms with E-state index in [0.29, 0.717) is 35.9 Å². The molecule has 1 atom stereocenters. The third-order valence-electron chi connectivity index (χ3n) is 4.95. The average molecular weight is 365 g/mol. The topological polar surface area (TPSA) is 59.2 Å². The third-order valence-corrected chi connectivity index (χ3v) is 4.95. The fourth-order valence-electron chi connectivity index (χ4n) is 3.51. The lowest BCUT2D eigenvalue weighted by molar-refractivity contribution is 0.0695. The van der Waals surface area contributed by atoms with Gasteiger partial charge in [0.1, 0.15) is 5.82 Å². The number of rotatable bonds is 3. The molecule has 0 unspecified atom stereocenters. The molecule has 1 fully saturated rings. The standard InChI is InChI=1S/C21H20FN3O2/c1-14-12-17(22)9-10-18(14)21(26)25-11-5-8-16(13-25)20-23-19(24-27-20)15-6-3-2-4-7-15/h2-4,6-7,9-10,12,16H,5,8,11,13H2,1H3/t16-/m0/s1.